The van der Waals surface area contributed by atoms with Crippen LogP contribution in [0.1, 0.15) is 0 Å². The van der Waals surface area contributed by atoms with Gasteiger partial charge in [0.1, 0.15) is 11.4 Å². The maximum absolute atomic E-state index is 13.5. The number of methoxy groups -OCH3 is 1. The van der Waals surface area contributed by atoms with Gasteiger partial charge in [0.25, 0.3) is 0 Å². The molecule has 0 aliphatic carbocycles. The lowest BCUT2D eigenvalue weighted by Gasteiger charge is -2.12. The Hall–Kier alpha value is -2.51. The molecule has 3 N–H and O–H groups in total. The van der Waals surface area contributed by atoms with Crippen molar-refractivity contribution >= 4 is 17.1 Å². The summed E-state index contributed by atoms with van der Waals surface area (Å²) in [7, 11) is 1.33. The molecule has 0 aromatic heterocycles. The Labute approximate surface area is 116 Å². The van der Waals surface area contributed by atoms with Crippen LogP contribution < -0.4 is 15.8 Å². The maximum Gasteiger partial charge on any atom is 0.200 e. The second-order valence-corrected chi connectivity index (χ2v) is 4.06. The van der Waals surface area contributed by atoms with E-state index in [2.05, 4.69) is 5.32 Å². The average Bonchev–Trinajstić information content (AvgIpc) is 2.47. The Morgan fingerprint density at radius 3 is 1.90 bits per heavy atom. The average molecular weight is 304 g/mol. The summed E-state index contributed by atoms with van der Waals surface area (Å²) in [5, 5.41) is 2.11. The van der Waals surface area contributed by atoms with E-state index in [4.69, 9.17) is 10.5 Å². The zero-order chi connectivity index (χ0) is 15.7. The largest absolute Gasteiger partial charge is 0.497 e. The fraction of sp³-hybridized carbons (Fsp3) is 0.0769. The highest BCUT2D eigenvalue weighted by Gasteiger charge is 2.25. The Morgan fingerprint density at radius 1 is 0.857 bits per heavy atom. The van der Waals surface area contributed by atoms with E-state index < -0.39 is 34.8 Å². The topological polar surface area (TPSA) is 47.3 Å². The van der Waals surface area contributed by atoms with Crippen LogP contribution in [0.15, 0.2) is 18.2 Å². The van der Waals surface area contributed by atoms with Crippen LogP contribution in [-0.4, -0.2) is 7.11 Å². The fourth-order valence-electron chi connectivity index (χ4n) is 1.67. The molecule has 0 saturated heterocycles. The van der Waals surface area contributed by atoms with E-state index in [1.807, 2.05) is 0 Å². The fourth-order valence-corrected chi connectivity index (χ4v) is 1.67. The first-order valence-corrected chi connectivity index (χ1v) is 5.58. The molecule has 2 rings (SSSR count). The third kappa shape index (κ3) is 2.69. The Morgan fingerprint density at radius 2 is 1.38 bits per heavy atom. The van der Waals surface area contributed by atoms with Gasteiger partial charge in [-0.25, -0.2) is 22.0 Å². The van der Waals surface area contributed by atoms with Gasteiger partial charge in [-0.2, -0.15) is 0 Å². The van der Waals surface area contributed by atoms with Crippen LogP contribution in [0.25, 0.3) is 0 Å². The van der Waals surface area contributed by atoms with Gasteiger partial charge in [0.15, 0.2) is 23.3 Å². The quantitative estimate of drug-likeness (QED) is 0.393. The van der Waals surface area contributed by atoms with Gasteiger partial charge in [0.2, 0.25) is 5.82 Å². The third-order valence-electron chi connectivity index (χ3n) is 2.64. The minimum atomic E-state index is -2.22. The number of hydrogen-bond acceptors (Lipinski definition) is 3. The van der Waals surface area contributed by atoms with Gasteiger partial charge in [-0.05, 0) is 6.07 Å². The van der Waals surface area contributed by atoms with Gasteiger partial charge in [-0.15, -0.1) is 0 Å². The molecule has 0 amide bonds. The minimum Gasteiger partial charge on any atom is -0.497 e. The van der Waals surface area contributed by atoms with Gasteiger partial charge in [-0.1, -0.05) is 0 Å². The third-order valence-corrected chi connectivity index (χ3v) is 2.64. The van der Waals surface area contributed by atoms with Gasteiger partial charge in [0, 0.05) is 23.5 Å². The molecule has 0 saturated carbocycles. The lowest BCUT2D eigenvalue weighted by Crippen LogP contribution is -2.07. The first-order chi connectivity index (χ1) is 9.85. The van der Waals surface area contributed by atoms with E-state index >= 15 is 0 Å². The number of nitrogen functional groups attached to an aromatic ring is 1. The number of hydrogen-bond donors (Lipinski definition) is 2. The summed E-state index contributed by atoms with van der Waals surface area (Å²) in [6.45, 7) is 0. The first kappa shape index (κ1) is 14.9. The summed E-state index contributed by atoms with van der Waals surface area (Å²) >= 11 is 0. The normalized spacial score (nSPS) is 10.6. The molecule has 0 fully saturated rings. The Bertz CT molecular complexity index is 676. The minimum absolute atomic E-state index is 0.00931. The summed E-state index contributed by atoms with van der Waals surface area (Å²) in [6.07, 6.45) is 0. The molecule has 112 valence electrons. The van der Waals surface area contributed by atoms with Crippen LogP contribution >= 0.6 is 0 Å². The van der Waals surface area contributed by atoms with Crippen LogP contribution in [0.4, 0.5) is 39.0 Å². The van der Waals surface area contributed by atoms with Crippen LogP contribution in [0, 0.1) is 29.1 Å². The molecule has 0 aliphatic heterocycles. The molecule has 8 heteroatoms. The van der Waals surface area contributed by atoms with Crippen molar-refractivity contribution in [3.8, 4) is 5.75 Å². The number of anilines is 3. The van der Waals surface area contributed by atoms with E-state index in [0.717, 1.165) is 0 Å². The molecule has 0 heterocycles. The molecule has 2 aromatic carbocycles. The van der Waals surface area contributed by atoms with Gasteiger partial charge < -0.3 is 15.8 Å². The number of nitrogens with one attached hydrogen (secondary N) is 1. The summed E-state index contributed by atoms with van der Waals surface area (Å²) in [5.41, 5.74) is 4.56. The van der Waals surface area contributed by atoms with E-state index in [1.165, 1.54) is 25.3 Å². The molecule has 0 bridgehead atoms. The molecule has 0 unspecified atom stereocenters. The van der Waals surface area contributed by atoms with Crippen molar-refractivity contribution in [2.75, 3.05) is 18.2 Å². The highest BCUT2D eigenvalue weighted by atomic mass is 19.2. The van der Waals surface area contributed by atoms with Crippen LogP contribution in [0.5, 0.6) is 5.75 Å². The predicted molar refractivity (Wildman–Crippen MR) is 66.9 cm³/mol. The highest BCUT2D eigenvalue weighted by Crippen LogP contribution is 2.31. The molecule has 0 aliphatic rings. The summed E-state index contributed by atoms with van der Waals surface area (Å²) in [4.78, 5) is 0. The molecule has 0 radical (unpaired) electrons. The number of benzene rings is 2. The van der Waals surface area contributed by atoms with Crippen LogP contribution in [0.3, 0.4) is 0 Å². The Kier molecular flexibility index (Phi) is 3.88. The molecular formula is C13H9F5N2O. The van der Waals surface area contributed by atoms with Crippen molar-refractivity contribution < 1.29 is 26.7 Å². The van der Waals surface area contributed by atoms with E-state index in [9.17, 15) is 22.0 Å². The monoisotopic (exact) mass is 304 g/mol. The SMILES string of the molecule is COc1cc(N)cc(Nc2c(F)c(F)c(F)c(F)c2F)c1. The lowest BCUT2D eigenvalue weighted by molar-refractivity contribution is 0.382. The predicted octanol–water partition coefficient (Wildman–Crippen LogP) is 3.72. The smallest absolute Gasteiger partial charge is 0.200 e. The molecule has 0 atom stereocenters. The number of ether oxygens (including phenoxy) is 1. The van der Waals surface area contributed by atoms with Crippen molar-refractivity contribution in [2.45, 2.75) is 0 Å². The van der Waals surface area contributed by atoms with Crippen molar-refractivity contribution in [3.63, 3.8) is 0 Å². The Balaban J connectivity index is 2.52. The van der Waals surface area contributed by atoms with Crippen LogP contribution in [-0.2, 0) is 0 Å². The summed E-state index contributed by atoms with van der Waals surface area (Å²) < 4.78 is 71.0. The number of rotatable bonds is 3. The van der Waals surface area contributed by atoms with Crippen molar-refractivity contribution in [3.05, 3.63) is 47.3 Å². The zero-order valence-corrected chi connectivity index (χ0v) is 10.6. The number of nitrogens with two attached hydrogens (primary N) is 1. The molecule has 2 aromatic rings. The van der Waals surface area contributed by atoms with Crippen LogP contribution in [0.2, 0.25) is 0 Å². The second-order valence-electron chi connectivity index (χ2n) is 4.06. The van der Waals surface area contributed by atoms with Crippen molar-refractivity contribution in [2.24, 2.45) is 0 Å². The molecule has 3 nitrogen and oxygen atoms in total. The second kappa shape index (κ2) is 5.47. The van der Waals surface area contributed by atoms with Gasteiger partial charge in [0.05, 0.1) is 7.11 Å². The van der Waals surface area contributed by atoms with Crippen molar-refractivity contribution in [1.82, 2.24) is 0 Å². The van der Waals surface area contributed by atoms with E-state index in [0.29, 0.717) is 0 Å². The van der Waals surface area contributed by atoms with Gasteiger partial charge >= 0.3 is 0 Å². The molecule has 21 heavy (non-hydrogen) atoms. The van der Waals surface area contributed by atoms with E-state index in [1.54, 1.807) is 0 Å². The standard InChI is InChI=1S/C13H9F5N2O/c1-21-7-3-5(19)2-6(4-7)20-13-11(17)9(15)8(14)10(16)12(13)18/h2-4,20H,19H2,1H3. The lowest BCUT2D eigenvalue weighted by atomic mass is 10.2. The first-order valence-electron chi connectivity index (χ1n) is 5.58. The summed E-state index contributed by atoms with van der Waals surface area (Å²) in [6, 6.07) is 3.96. The zero-order valence-electron chi connectivity index (χ0n) is 10.6. The van der Waals surface area contributed by atoms with E-state index in [-0.39, 0.29) is 17.1 Å². The highest BCUT2D eigenvalue weighted by molar-refractivity contribution is 5.67. The van der Waals surface area contributed by atoms with Crippen molar-refractivity contribution in [1.29, 1.82) is 0 Å². The van der Waals surface area contributed by atoms with Gasteiger partial charge in [-0.3, -0.25) is 0 Å². The maximum atomic E-state index is 13.5. The molecular weight excluding hydrogens is 295 g/mol. The number of halogens is 5. The summed E-state index contributed by atoms with van der Waals surface area (Å²) in [5.74, 6) is -9.97. The molecule has 0 spiro atoms.